The van der Waals surface area contributed by atoms with E-state index in [0.717, 1.165) is 18.5 Å². The third-order valence-electron chi connectivity index (χ3n) is 2.59. The lowest BCUT2D eigenvalue weighted by Crippen LogP contribution is -2.35. The van der Waals surface area contributed by atoms with Gasteiger partial charge >= 0.3 is 0 Å². The maximum absolute atomic E-state index is 9.32. The number of fused-ring (bicyclic) bond motifs is 1. The number of anilines is 1. The van der Waals surface area contributed by atoms with Gasteiger partial charge in [-0.05, 0) is 38.3 Å². The minimum atomic E-state index is 0.154. The lowest BCUT2D eigenvalue weighted by Gasteiger charge is -2.33. The van der Waals surface area contributed by atoms with Gasteiger partial charge in [-0.3, -0.25) is 0 Å². The van der Waals surface area contributed by atoms with Gasteiger partial charge in [0.25, 0.3) is 0 Å². The van der Waals surface area contributed by atoms with Crippen LogP contribution < -0.4 is 5.32 Å². The van der Waals surface area contributed by atoms with E-state index in [0.29, 0.717) is 5.75 Å². The average molecular weight is 177 g/mol. The lowest BCUT2D eigenvalue weighted by molar-refractivity contribution is 0.471. The SMILES string of the molecule is CC1(C)CCc2ccc(O)cc2N1. The number of nitrogens with one attached hydrogen (secondary N) is 1. The van der Waals surface area contributed by atoms with Crippen LogP contribution in [0.3, 0.4) is 0 Å². The van der Waals surface area contributed by atoms with Gasteiger partial charge in [0.2, 0.25) is 0 Å². The van der Waals surface area contributed by atoms with Gasteiger partial charge in [0.1, 0.15) is 5.75 Å². The van der Waals surface area contributed by atoms with E-state index in [1.165, 1.54) is 5.56 Å². The van der Waals surface area contributed by atoms with E-state index in [4.69, 9.17) is 0 Å². The molecule has 0 spiro atoms. The molecule has 0 radical (unpaired) electrons. The second-order valence-electron chi connectivity index (χ2n) is 4.35. The molecule has 70 valence electrons. The van der Waals surface area contributed by atoms with Crippen LogP contribution in [-0.2, 0) is 6.42 Å². The van der Waals surface area contributed by atoms with Crippen LogP contribution in [0.5, 0.6) is 5.75 Å². The Bertz CT molecular complexity index is 331. The highest BCUT2D eigenvalue weighted by Crippen LogP contribution is 2.32. The fourth-order valence-corrected chi connectivity index (χ4v) is 1.77. The largest absolute Gasteiger partial charge is 0.508 e. The van der Waals surface area contributed by atoms with Crippen LogP contribution in [0.25, 0.3) is 0 Å². The molecule has 2 rings (SSSR count). The van der Waals surface area contributed by atoms with Gasteiger partial charge in [-0.1, -0.05) is 6.07 Å². The van der Waals surface area contributed by atoms with Crippen molar-refractivity contribution in [1.29, 1.82) is 0 Å². The molecule has 1 aliphatic heterocycles. The molecule has 0 aliphatic carbocycles. The highest BCUT2D eigenvalue weighted by Gasteiger charge is 2.23. The van der Waals surface area contributed by atoms with Crippen molar-refractivity contribution in [3.63, 3.8) is 0 Å². The number of rotatable bonds is 0. The Hall–Kier alpha value is -1.18. The van der Waals surface area contributed by atoms with Crippen LogP contribution in [0.15, 0.2) is 18.2 Å². The molecule has 2 heteroatoms. The summed E-state index contributed by atoms with van der Waals surface area (Å²) in [5.74, 6) is 0.337. The molecule has 13 heavy (non-hydrogen) atoms. The predicted molar refractivity (Wildman–Crippen MR) is 54.1 cm³/mol. The van der Waals surface area contributed by atoms with E-state index in [1.807, 2.05) is 6.07 Å². The molecule has 0 bridgehead atoms. The van der Waals surface area contributed by atoms with Gasteiger partial charge < -0.3 is 10.4 Å². The number of phenols is 1. The van der Waals surface area contributed by atoms with Gasteiger partial charge in [-0.15, -0.1) is 0 Å². The van der Waals surface area contributed by atoms with Gasteiger partial charge in [0.15, 0.2) is 0 Å². The van der Waals surface area contributed by atoms with Gasteiger partial charge in [-0.25, -0.2) is 0 Å². The second kappa shape index (κ2) is 2.66. The van der Waals surface area contributed by atoms with Crippen molar-refractivity contribution in [3.8, 4) is 5.75 Å². The monoisotopic (exact) mass is 177 g/mol. The zero-order valence-electron chi connectivity index (χ0n) is 8.09. The fraction of sp³-hybridized carbons (Fsp3) is 0.455. The number of hydrogen-bond acceptors (Lipinski definition) is 2. The topological polar surface area (TPSA) is 32.3 Å². The maximum Gasteiger partial charge on any atom is 0.117 e. The van der Waals surface area contributed by atoms with E-state index < -0.39 is 0 Å². The number of aromatic hydroxyl groups is 1. The van der Waals surface area contributed by atoms with Crippen molar-refractivity contribution in [2.24, 2.45) is 0 Å². The predicted octanol–water partition coefficient (Wildman–Crippen LogP) is 2.53. The average Bonchev–Trinajstić information content (AvgIpc) is 2.01. The summed E-state index contributed by atoms with van der Waals surface area (Å²) in [6.07, 6.45) is 2.24. The summed E-state index contributed by atoms with van der Waals surface area (Å²) in [5.41, 5.74) is 2.54. The summed E-state index contributed by atoms with van der Waals surface area (Å²) in [5, 5.41) is 12.7. The minimum Gasteiger partial charge on any atom is -0.508 e. The molecule has 0 amide bonds. The number of benzene rings is 1. The van der Waals surface area contributed by atoms with Crippen LogP contribution in [0.1, 0.15) is 25.8 Å². The quantitative estimate of drug-likeness (QED) is 0.638. The summed E-state index contributed by atoms with van der Waals surface area (Å²) >= 11 is 0. The van der Waals surface area contributed by atoms with Crippen molar-refractivity contribution >= 4 is 5.69 Å². The summed E-state index contributed by atoms with van der Waals surface area (Å²) in [7, 11) is 0. The van der Waals surface area contributed by atoms with Gasteiger partial charge in [0.05, 0.1) is 0 Å². The molecule has 0 saturated heterocycles. The number of aryl methyl sites for hydroxylation is 1. The molecule has 2 N–H and O–H groups in total. The Labute approximate surface area is 78.6 Å². The molecular weight excluding hydrogens is 162 g/mol. The van der Waals surface area contributed by atoms with Gasteiger partial charge in [0, 0.05) is 17.3 Å². The first-order valence-electron chi connectivity index (χ1n) is 4.67. The standard InChI is InChI=1S/C11H15NO/c1-11(2)6-5-8-3-4-9(13)7-10(8)12-11/h3-4,7,12-13H,5-6H2,1-2H3. The summed E-state index contributed by atoms with van der Waals surface area (Å²) in [4.78, 5) is 0. The highest BCUT2D eigenvalue weighted by molar-refractivity contribution is 5.58. The molecule has 1 aromatic carbocycles. The van der Waals surface area contributed by atoms with E-state index in [-0.39, 0.29) is 5.54 Å². The molecule has 0 saturated carbocycles. The first-order valence-corrected chi connectivity index (χ1v) is 4.67. The van der Waals surface area contributed by atoms with Crippen molar-refractivity contribution in [1.82, 2.24) is 0 Å². The Kier molecular flexibility index (Phi) is 1.72. The number of hydrogen-bond donors (Lipinski definition) is 2. The van der Waals surface area contributed by atoms with E-state index in [1.54, 1.807) is 12.1 Å². The van der Waals surface area contributed by atoms with Crippen LogP contribution in [-0.4, -0.2) is 10.6 Å². The molecular formula is C11H15NO. The molecule has 0 aromatic heterocycles. The summed E-state index contributed by atoms with van der Waals surface area (Å²) < 4.78 is 0. The lowest BCUT2D eigenvalue weighted by atomic mass is 9.89. The van der Waals surface area contributed by atoms with Crippen LogP contribution in [0, 0.1) is 0 Å². The van der Waals surface area contributed by atoms with Crippen molar-refractivity contribution in [3.05, 3.63) is 23.8 Å². The highest BCUT2D eigenvalue weighted by atomic mass is 16.3. The summed E-state index contributed by atoms with van der Waals surface area (Å²) in [6, 6.07) is 5.54. The third kappa shape index (κ3) is 1.62. The Morgan fingerprint density at radius 2 is 2.15 bits per heavy atom. The van der Waals surface area contributed by atoms with Crippen molar-refractivity contribution < 1.29 is 5.11 Å². The molecule has 0 unspecified atom stereocenters. The molecule has 1 aliphatic rings. The van der Waals surface area contributed by atoms with Crippen molar-refractivity contribution in [2.75, 3.05) is 5.32 Å². The van der Waals surface area contributed by atoms with Crippen LogP contribution in [0.2, 0.25) is 0 Å². The molecule has 1 aromatic rings. The Morgan fingerprint density at radius 3 is 2.92 bits per heavy atom. The van der Waals surface area contributed by atoms with E-state index in [9.17, 15) is 5.11 Å². The summed E-state index contributed by atoms with van der Waals surface area (Å²) in [6.45, 7) is 4.36. The van der Waals surface area contributed by atoms with Crippen LogP contribution in [0.4, 0.5) is 5.69 Å². The molecule has 0 atom stereocenters. The normalized spacial score (nSPS) is 18.9. The molecule has 2 nitrogen and oxygen atoms in total. The van der Waals surface area contributed by atoms with E-state index in [2.05, 4.69) is 19.2 Å². The molecule has 0 fully saturated rings. The minimum absolute atomic E-state index is 0.154. The Balaban J connectivity index is 2.38. The Morgan fingerprint density at radius 1 is 1.38 bits per heavy atom. The van der Waals surface area contributed by atoms with Crippen molar-refractivity contribution in [2.45, 2.75) is 32.2 Å². The number of phenolic OH excluding ortho intramolecular Hbond substituents is 1. The maximum atomic E-state index is 9.32. The zero-order chi connectivity index (χ0) is 9.47. The van der Waals surface area contributed by atoms with E-state index >= 15 is 0 Å². The van der Waals surface area contributed by atoms with Crippen LogP contribution >= 0.6 is 0 Å². The smallest absolute Gasteiger partial charge is 0.117 e. The first kappa shape index (κ1) is 8.42. The van der Waals surface area contributed by atoms with Gasteiger partial charge in [-0.2, -0.15) is 0 Å². The second-order valence-corrected chi connectivity index (χ2v) is 4.35. The molecule has 1 heterocycles. The third-order valence-corrected chi connectivity index (χ3v) is 2.59. The first-order chi connectivity index (χ1) is 6.07. The fourth-order valence-electron chi connectivity index (χ4n) is 1.77. The zero-order valence-corrected chi connectivity index (χ0v) is 8.09.